The zero-order chi connectivity index (χ0) is 11.9. The zero-order valence-corrected chi connectivity index (χ0v) is 11.3. The van der Waals surface area contributed by atoms with Gasteiger partial charge in [-0.1, -0.05) is 27.2 Å². The average Bonchev–Trinajstić information content (AvgIpc) is 2.15. The molecule has 1 atom stereocenters. The maximum atomic E-state index is 10.9. The van der Waals surface area contributed by atoms with Gasteiger partial charge in [-0.2, -0.15) is 0 Å². The molecule has 0 heterocycles. The summed E-state index contributed by atoms with van der Waals surface area (Å²) in [5.41, 5.74) is 0. The van der Waals surface area contributed by atoms with Crippen LogP contribution in [0.2, 0.25) is 0 Å². The number of ether oxygens (including phenoxy) is 1. The van der Waals surface area contributed by atoms with Gasteiger partial charge in [0.05, 0.1) is 18.5 Å². The van der Waals surface area contributed by atoms with Crippen LogP contribution in [0.5, 0.6) is 0 Å². The van der Waals surface area contributed by atoms with Crippen LogP contribution in [0.15, 0.2) is 0 Å². The van der Waals surface area contributed by atoms with Crippen LogP contribution in [0, 0.1) is 5.92 Å². The maximum Gasteiger partial charge on any atom is 0.232 e. The van der Waals surface area contributed by atoms with E-state index < -0.39 is 9.05 Å². The SMILES string of the molecule is CCC(COC(CC)CC)CS(=O)(=O)Cl. The summed E-state index contributed by atoms with van der Waals surface area (Å²) in [6.07, 6.45) is 2.92. The highest BCUT2D eigenvalue weighted by Gasteiger charge is 2.17. The molecule has 0 aliphatic rings. The van der Waals surface area contributed by atoms with E-state index in [1.807, 2.05) is 6.92 Å². The molecular weight excluding hydrogens is 236 g/mol. The summed E-state index contributed by atoms with van der Waals surface area (Å²) in [6.45, 7) is 6.55. The van der Waals surface area contributed by atoms with E-state index in [4.69, 9.17) is 15.4 Å². The minimum Gasteiger partial charge on any atom is -0.378 e. The Bertz CT molecular complexity index is 247. The first-order valence-corrected chi connectivity index (χ1v) is 7.94. The third kappa shape index (κ3) is 8.05. The van der Waals surface area contributed by atoms with Gasteiger partial charge in [0.2, 0.25) is 9.05 Å². The molecule has 0 bridgehead atoms. The van der Waals surface area contributed by atoms with E-state index in [2.05, 4.69) is 13.8 Å². The lowest BCUT2D eigenvalue weighted by atomic mass is 10.1. The van der Waals surface area contributed by atoms with Crippen molar-refractivity contribution in [1.82, 2.24) is 0 Å². The molecule has 0 rings (SSSR count). The van der Waals surface area contributed by atoms with Gasteiger partial charge in [-0.15, -0.1) is 0 Å². The van der Waals surface area contributed by atoms with Crippen molar-refractivity contribution in [2.45, 2.75) is 46.1 Å². The molecule has 0 N–H and O–H groups in total. The Morgan fingerprint density at radius 3 is 2.00 bits per heavy atom. The summed E-state index contributed by atoms with van der Waals surface area (Å²) in [5, 5.41) is 0. The minimum atomic E-state index is -3.40. The Hall–Kier alpha value is 0.200. The van der Waals surface area contributed by atoms with E-state index in [0.717, 1.165) is 19.3 Å². The fourth-order valence-electron chi connectivity index (χ4n) is 1.36. The lowest BCUT2D eigenvalue weighted by molar-refractivity contribution is 0.0282. The van der Waals surface area contributed by atoms with Crippen molar-refractivity contribution in [3.63, 3.8) is 0 Å². The second-order valence-corrected chi connectivity index (χ2v) is 6.57. The van der Waals surface area contributed by atoms with E-state index in [0.29, 0.717) is 6.61 Å². The second kappa shape index (κ2) is 7.47. The van der Waals surface area contributed by atoms with Crippen molar-refractivity contribution in [3.05, 3.63) is 0 Å². The van der Waals surface area contributed by atoms with Crippen LogP contribution < -0.4 is 0 Å². The predicted molar refractivity (Wildman–Crippen MR) is 63.7 cm³/mol. The Kier molecular flexibility index (Phi) is 7.57. The van der Waals surface area contributed by atoms with E-state index in [1.54, 1.807) is 0 Å². The molecule has 0 aromatic heterocycles. The van der Waals surface area contributed by atoms with Crippen molar-refractivity contribution >= 4 is 19.7 Å². The van der Waals surface area contributed by atoms with Crippen molar-refractivity contribution in [2.75, 3.05) is 12.4 Å². The molecular formula is C10H21ClO3S. The zero-order valence-electron chi connectivity index (χ0n) is 9.70. The smallest absolute Gasteiger partial charge is 0.232 e. The van der Waals surface area contributed by atoms with E-state index in [9.17, 15) is 8.42 Å². The average molecular weight is 257 g/mol. The summed E-state index contributed by atoms with van der Waals surface area (Å²) < 4.78 is 27.4. The van der Waals surface area contributed by atoms with Gasteiger partial charge in [-0.25, -0.2) is 8.42 Å². The maximum absolute atomic E-state index is 10.9. The summed E-state index contributed by atoms with van der Waals surface area (Å²) >= 11 is 0. The fourth-order valence-corrected chi connectivity index (χ4v) is 2.79. The molecule has 1 unspecified atom stereocenters. The number of rotatable bonds is 8. The van der Waals surface area contributed by atoms with Crippen LogP contribution >= 0.6 is 10.7 Å². The normalized spacial score (nSPS) is 14.5. The van der Waals surface area contributed by atoms with Gasteiger partial charge >= 0.3 is 0 Å². The monoisotopic (exact) mass is 256 g/mol. The first-order valence-electron chi connectivity index (χ1n) is 5.46. The minimum absolute atomic E-state index is 0.00516. The highest BCUT2D eigenvalue weighted by molar-refractivity contribution is 8.13. The van der Waals surface area contributed by atoms with Gasteiger partial charge in [0, 0.05) is 10.7 Å². The van der Waals surface area contributed by atoms with Crippen LogP contribution in [0.3, 0.4) is 0 Å². The van der Waals surface area contributed by atoms with Crippen LogP contribution in [0.1, 0.15) is 40.0 Å². The number of hydrogen-bond donors (Lipinski definition) is 0. The standard InChI is InChI=1S/C10H21ClO3S/c1-4-9(8-15(11,12)13)7-14-10(5-2)6-3/h9-10H,4-8H2,1-3H3. The molecule has 0 saturated heterocycles. The highest BCUT2D eigenvalue weighted by Crippen LogP contribution is 2.13. The summed E-state index contributed by atoms with van der Waals surface area (Å²) in [6, 6.07) is 0. The molecule has 0 radical (unpaired) electrons. The van der Waals surface area contributed by atoms with Gasteiger partial charge in [0.15, 0.2) is 0 Å². The van der Waals surface area contributed by atoms with Crippen molar-refractivity contribution < 1.29 is 13.2 Å². The Labute approximate surface area is 97.6 Å². The third-order valence-electron chi connectivity index (χ3n) is 2.49. The van der Waals surface area contributed by atoms with Crippen molar-refractivity contribution in [2.24, 2.45) is 5.92 Å². The van der Waals surface area contributed by atoms with E-state index >= 15 is 0 Å². The van der Waals surface area contributed by atoms with Gasteiger partial charge in [-0.3, -0.25) is 0 Å². The molecule has 3 nitrogen and oxygen atoms in total. The number of hydrogen-bond acceptors (Lipinski definition) is 3. The first kappa shape index (κ1) is 15.2. The Morgan fingerprint density at radius 2 is 1.67 bits per heavy atom. The van der Waals surface area contributed by atoms with Gasteiger partial charge < -0.3 is 4.74 Å². The van der Waals surface area contributed by atoms with Crippen molar-refractivity contribution in [1.29, 1.82) is 0 Å². The van der Waals surface area contributed by atoms with Crippen LogP contribution in [-0.2, 0) is 13.8 Å². The molecule has 0 amide bonds. The third-order valence-corrected chi connectivity index (χ3v) is 3.74. The molecule has 0 aliphatic carbocycles. The lowest BCUT2D eigenvalue weighted by Crippen LogP contribution is -2.21. The molecule has 0 aliphatic heterocycles. The first-order chi connectivity index (χ1) is 6.92. The van der Waals surface area contributed by atoms with Gasteiger partial charge in [-0.05, 0) is 18.8 Å². The summed E-state index contributed by atoms with van der Waals surface area (Å²) in [4.78, 5) is 0. The Morgan fingerprint density at radius 1 is 1.13 bits per heavy atom. The molecule has 0 fully saturated rings. The largest absolute Gasteiger partial charge is 0.378 e. The second-order valence-electron chi connectivity index (χ2n) is 3.75. The van der Waals surface area contributed by atoms with E-state index in [-0.39, 0.29) is 17.8 Å². The fraction of sp³-hybridized carbons (Fsp3) is 1.00. The molecule has 0 spiro atoms. The Balaban J connectivity index is 4.00. The topological polar surface area (TPSA) is 43.4 Å². The molecule has 0 aromatic carbocycles. The molecule has 0 aromatic rings. The molecule has 92 valence electrons. The van der Waals surface area contributed by atoms with Crippen LogP contribution in [-0.4, -0.2) is 26.9 Å². The predicted octanol–water partition coefficient (Wildman–Crippen LogP) is 2.79. The summed E-state index contributed by atoms with van der Waals surface area (Å²) in [5.74, 6) is 0.0127. The molecule has 0 saturated carbocycles. The number of halogens is 1. The molecule has 15 heavy (non-hydrogen) atoms. The van der Waals surface area contributed by atoms with Crippen molar-refractivity contribution in [3.8, 4) is 0 Å². The highest BCUT2D eigenvalue weighted by atomic mass is 35.7. The van der Waals surface area contributed by atoms with Gasteiger partial charge in [0.1, 0.15) is 0 Å². The van der Waals surface area contributed by atoms with Crippen LogP contribution in [0.4, 0.5) is 0 Å². The van der Waals surface area contributed by atoms with Crippen LogP contribution in [0.25, 0.3) is 0 Å². The molecule has 5 heteroatoms. The quantitative estimate of drug-likeness (QED) is 0.628. The summed E-state index contributed by atoms with van der Waals surface area (Å²) in [7, 11) is 1.80. The van der Waals surface area contributed by atoms with E-state index in [1.165, 1.54) is 0 Å². The van der Waals surface area contributed by atoms with Gasteiger partial charge in [0.25, 0.3) is 0 Å². The lowest BCUT2D eigenvalue weighted by Gasteiger charge is -2.18.